The van der Waals surface area contributed by atoms with Crippen molar-refractivity contribution in [3.05, 3.63) is 77.1 Å². The SMILES string of the molecule is O=C(/C=C/c1ccc2c(c1)COC21CCOC1)N[C@@H](Cc1coc2ccccc12)B(O)O. The van der Waals surface area contributed by atoms with Gasteiger partial charge in [-0.05, 0) is 46.9 Å². The van der Waals surface area contributed by atoms with Gasteiger partial charge in [0.05, 0.1) is 25.4 Å². The molecule has 0 bridgehead atoms. The fraction of sp³-hybridized carbons (Fsp3) is 0.292. The molecule has 1 aromatic heterocycles. The third-order valence-electron chi connectivity index (χ3n) is 6.23. The summed E-state index contributed by atoms with van der Waals surface area (Å²) in [7, 11) is -1.71. The van der Waals surface area contributed by atoms with Crippen LogP contribution >= 0.6 is 0 Å². The molecular formula is C24H24BNO6. The summed E-state index contributed by atoms with van der Waals surface area (Å²) in [6, 6.07) is 13.5. The standard InChI is InChI=1S/C24H24BNO6/c27-23(26-22(25(28)29)12-17-13-31-21-4-2-1-3-19(17)21)8-6-16-5-7-20-18(11-16)14-32-24(20)9-10-30-15-24/h1-8,11,13,22,28-29H,9-10,12,14-15H2,(H,26,27)/b8-6+/t22-,24?/m0/s1. The van der Waals surface area contributed by atoms with Crippen molar-refractivity contribution in [2.75, 3.05) is 13.2 Å². The second-order valence-corrected chi connectivity index (χ2v) is 8.33. The van der Waals surface area contributed by atoms with Gasteiger partial charge in [0.1, 0.15) is 11.2 Å². The number of furan rings is 1. The molecule has 3 heterocycles. The molecule has 2 aliphatic rings. The number of hydrogen-bond acceptors (Lipinski definition) is 6. The topological polar surface area (TPSA) is 101 Å². The summed E-state index contributed by atoms with van der Waals surface area (Å²) in [6.07, 6.45) is 5.77. The summed E-state index contributed by atoms with van der Waals surface area (Å²) >= 11 is 0. The van der Waals surface area contributed by atoms with E-state index in [1.165, 1.54) is 6.08 Å². The smallest absolute Gasteiger partial charge is 0.464 e. The van der Waals surface area contributed by atoms with Gasteiger partial charge >= 0.3 is 7.12 Å². The number of para-hydroxylation sites is 1. The van der Waals surface area contributed by atoms with E-state index in [2.05, 4.69) is 5.32 Å². The zero-order valence-corrected chi connectivity index (χ0v) is 17.5. The average molecular weight is 433 g/mol. The summed E-state index contributed by atoms with van der Waals surface area (Å²) in [5, 5.41) is 23.1. The first-order chi connectivity index (χ1) is 15.5. The molecule has 5 rings (SSSR count). The minimum absolute atomic E-state index is 0.231. The van der Waals surface area contributed by atoms with E-state index in [1.807, 2.05) is 42.5 Å². The number of rotatable bonds is 6. The maximum absolute atomic E-state index is 12.5. The highest BCUT2D eigenvalue weighted by Gasteiger charge is 2.43. The van der Waals surface area contributed by atoms with Crippen LogP contribution in [-0.2, 0) is 32.9 Å². The van der Waals surface area contributed by atoms with Gasteiger partial charge in [-0.1, -0.05) is 30.3 Å². The van der Waals surface area contributed by atoms with Gasteiger partial charge in [0.2, 0.25) is 5.91 Å². The van der Waals surface area contributed by atoms with Gasteiger partial charge in [0.25, 0.3) is 0 Å². The van der Waals surface area contributed by atoms with Crippen LogP contribution in [0.5, 0.6) is 0 Å². The van der Waals surface area contributed by atoms with Crippen LogP contribution in [-0.4, -0.2) is 42.2 Å². The van der Waals surface area contributed by atoms with Crippen molar-refractivity contribution in [1.82, 2.24) is 5.32 Å². The molecule has 2 aromatic carbocycles. The molecular weight excluding hydrogens is 409 g/mol. The Morgan fingerprint density at radius 1 is 1.25 bits per heavy atom. The van der Waals surface area contributed by atoms with Crippen LogP contribution in [0.15, 0.2) is 59.2 Å². The summed E-state index contributed by atoms with van der Waals surface area (Å²) in [4.78, 5) is 12.5. The number of fused-ring (bicyclic) bond motifs is 3. The highest BCUT2D eigenvalue weighted by Crippen LogP contribution is 2.42. The zero-order chi connectivity index (χ0) is 22.1. The van der Waals surface area contributed by atoms with E-state index in [-0.39, 0.29) is 12.0 Å². The van der Waals surface area contributed by atoms with Crippen molar-refractivity contribution in [1.29, 1.82) is 0 Å². The highest BCUT2D eigenvalue weighted by molar-refractivity contribution is 6.43. The van der Waals surface area contributed by atoms with Crippen molar-refractivity contribution in [2.24, 2.45) is 0 Å². The summed E-state index contributed by atoms with van der Waals surface area (Å²) < 4.78 is 17.1. The molecule has 3 N–H and O–H groups in total. The van der Waals surface area contributed by atoms with E-state index in [4.69, 9.17) is 13.9 Å². The number of ether oxygens (including phenoxy) is 2. The molecule has 1 amide bonds. The molecule has 1 saturated heterocycles. The minimum Gasteiger partial charge on any atom is -0.464 e. The molecule has 2 aliphatic heterocycles. The first kappa shape index (κ1) is 21.0. The second-order valence-electron chi connectivity index (χ2n) is 8.33. The fourth-order valence-electron chi connectivity index (χ4n) is 4.51. The molecule has 164 valence electrons. The molecule has 7 nitrogen and oxygen atoms in total. The van der Waals surface area contributed by atoms with Gasteiger partial charge in [0, 0.05) is 24.5 Å². The number of carbonyl (C=O) groups excluding carboxylic acids is 1. The Morgan fingerprint density at radius 3 is 2.94 bits per heavy atom. The number of hydrogen-bond donors (Lipinski definition) is 3. The van der Waals surface area contributed by atoms with Crippen LogP contribution in [0.2, 0.25) is 0 Å². The van der Waals surface area contributed by atoms with E-state index in [1.54, 1.807) is 12.3 Å². The third-order valence-corrected chi connectivity index (χ3v) is 6.23. The normalized spacial score (nSPS) is 20.8. The average Bonchev–Trinajstić information content (AvgIpc) is 3.52. The molecule has 0 saturated carbocycles. The lowest BCUT2D eigenvalue weighted by Gasteiger charge is -2.21. The molecule has 3 aromatic rings. The Kier molecular flexibility index (Phi) is 5.61. The summed E-state index contributed by atoms with van der Waals surface area (Å²) in [6.45, 7) is 1.81. The lowest BCUT2D eigenvalue weighted by atomic mass is 9.76. The van der Waals surface area contributed by atoms with Crippen LogP contribution in [0, 0.1) is 0 Å². The molecule has 32 heavy (non-hydrogen) atoms. The van der Waals surface area contributed by atoms with Crippen LogP contribution in [0.4, 0.5) is 0 Å². The minimum atomic E-state index is -1.71. The van der Waals surface area contributed by atoms with Gasteiger partial charge in [0.15, 0.2) is 0 Å². The molecule has 0 aliphatic carbocycles. The lowest BCUT2D eigenvalue weighted by Crippen LogP contribution is -2.47. The van der Waals surface area contributed by atoms with Crippen molar-refractivity contribution in [2.45, 2.75) is 31.0 Å². The quantitative estimate of drug-likeness (QED) is 0.408. The van der Waals surface area contributed by atoms with Crippen molar-refractivity contribution in [3.8, 4) is 0 Å². The number of carbonyl (C=O) groups is 1. The van der Waals surface area contributed by atoms with E-state index in [0.717, 1.165) is 34.1 Å². The second kappa shape index (κ2) is 8.56. The van der Waals surface area contributed by atoms with Crippen LogP contribution < -0.4 is 5.32 Å². The predicted molar refractivity (Wildman–Crippen MR) is 119 cm³/mol. The molecule has 1 fully saturated rings. The molecule has 2 atom stereocenters. The molecule has 0 radical (unpaired) electrons. The molecule has 8 heteroatoms. The largest absolute Gasteiger partial charge is 0.475 e. The number of amides is 1. The lowest BCUT2D eigenvalue weighted by molar-refractivity contribution is -0.116. The van der Waals surface area contributed by atoms with E-state index < -0.39 is 19.0 Å². The highest BCUT2D eigenvalue weighted by atomic mass is 16.6. The van der Waals surface area contributed by atoms with Gasteiger partial charge in [-0.25, -0.2) is 0 Å². The van der Waals surface area contributed by atoms with Crippen molar-refractivity contribution < 1.29 is 28.7 Å². The third kappa shape index (κ3) is 3.98. The van der Waals surface area contributed by atoms with Crippen LogP contribution in [0.3, 0.4) is 0 Å². The first-order valence-corrected chi connectivity index (χ1v) is 10.7. The van der Waals surface area contributed by atoms with Crippen molar-refractivity contribution >= 4 is 30.1 Å². The number of nitrogens with one attached hydrogen (secondary N) is 1. The van der Waals surface area contributed by atoms with Crippen LogP contribution in [0.25, 0.3) is 17.0 Å². The number of benzene rings is 2. The van der Waals surface area contributed by atoms with Gasteiger partial charge in [-0.2, -0.15) is 0 Å². The Hall–Kier alpha value is -2.91. The van der Waals surface area contributed by atoms with Crippen LogP contribution in [0.1, 0.15) is 28.7 Å². The Bertz CT molecular complexity index is 1160. The van der Waals surface area contributed by atoms with E-state index in [0.29, 0.717) is 25.4 Å². The predicted octanol–water partition coefficient (Wildman–Crippen LogP) is 2.33. The van der Waals surface area contributed by atoms with E-state index in [9.17, 15) is 14.8 Å². The first-order valence-electron chi connectivity index (χ1n) is 10.7. The summed E-state index contributed by atoms with van der Waals surface area (Å²) in [5.41, 5.74) is 4.33. The monoisotopic (exact) mass is 433 g/mol. The van der Waals surface area contributed by atoms with E-state index >= 15 is 0 Å². The van der Waals surface area contributed by atoms with Gasteiger partial charge in [-0.3, -0.25) is 4.79 Å². The fourth-order valence-corrected chi connectivity index (χ4v) is 4.51. The maximum atomic E-state index is 12.5. The Labute approximate surface area is 185 Å². The Morgan fingerprint density at radius 2 is 2.12 bits per heavy atom. The summed E-state index contributed by atoms with van der Waals surface area (Å²) in [5.74, 6) is -1.28. The van der Waals surface area contributed by atoms with Gasteiger partial charge in [-0.15, -0.1) is 0 Å². The zero-order valence-electron chi connectivity index (χ0n) is 17.5. The van der Waals surface area contributed by atoms with Crippen molar-refractivity contribution in [3.63, 3.8) is 0 Å². The van der Waals surface area contributed by atoms with Gasteiger partial charge < -0.3 is 29.3 Å². The molecule has 1 spiro atoms. The maximum Gasteiger partial charge on any atom is 0.475 e. The Balaban J connectivity index is 1.26. The molecule has 1 unspecified atom stereocenters.